The highest BCUT2D eigenvalue weighted by Crippen LogP contribution is 2.21. The molecule has 1 saturated heterocycles. The molecule has 66 valence electrons. The fourth-order valence-corrected chi connectivity index (χ4v) is 1.53. The van der Waals surface area contributed by atoms with E-state index in [1.165, 1.54) is 13.0 Å². The quantitative estimate of drug-likeness (QED) is 0.572. The Labute approximate surface area is 69.5 Å². The van der Waals surface area contributed by atoms with Gasteiger partial charge in [-0.2, -0.15) is 0 Å². The Hall–Kier alpha value is -0.0800. The molecule has 0 bridgehead atoms. The molecule has 0 amide bonds. The van der Waals surface area contributed by atoms with Crippen molar-refractivity contribution >= 4 is 0 Å². The summed E-state index contributed by atoms with van der Waals surface area (Å²) in [6, 6.07) is 0. The molecule has 1 heterocycles. The van der Waals surface area contributed by atoms with Gasteiger partial charge < -0.3 is 4.74 Å². The summed E-state index contributed by atoms with van der Waals surface area (Å²) in [7, 11) is 1.80. The largest absolute Gasteiger partial charge is 0.380 e. The Bertz CT molecular complexity index is 128. The van der Waals surface area contributed by atoms with Gasteiger partial charge in [0.15, 0.2) is 0 Å². The number of rotatable bonds is 1. The van der Waals surface area contributed by atoms with Gasteiger partial charge in [-0.3, -0.25) is 4.90 Å². The molecule has 0 aliphatic carbocycles. The summed E-state index contributed by atoms with van der Waals surface area (Å²) in [6.07, 6.45) is 1.66. The van der Waals surface area contributed by atoms with E-state index in [0.717, 1.165) is 6.54 Å². The molecule has 1 unspecified atom stereocenters. The van der Waals surface area contributed by atoms with E-state index in [2.05, 4.69) is 25.7 Å². The van der Waals surface area contributed by atoms with Crippen LogP contribution in [0.25, 0.3) is 0 Å². The first kappa shape index (κ1) is 9.01. The van der Waals surface area contributed by atoms with Crippen LogP contribution in [0.4, 0.5) is 0 Å². The highest BCUT2D eigenvalue weighted by molar-refractivity contribution is 4.84. The Morgan fingerprint density at radius 1 is 1.36 bits per heavy atom. The Morgan fingerprint density at radius 2 is 2.00 bits per heavy atom. The van der Waals surface area contributed by atoms with Crippen molar-refractivity contribution in [2.45, 2.75) is 38.8 Å². The molecule has 0 N–H and O–H groups in total. The molecule has 2 nitrogen and oxygen atoms in total. The molecule has 0 aromatic heterocycles. The predicted molar refractivity (Wildman–Crippen MR) is 46.7 cm³/mol. The molecule has 0 radical (unpaired) electrons. The summed E-state index contributed by atoms with van der Waals surface area (Å²) in [5.74, 6) is 0. The lowest BCUT2D eigenvalue weighted by atomic mass is 10.1. The number of likely N-dealkylation sites (tertiary alicyclic amines) is 1. The molecule has 1 fully saturated rings. The standard InChI is InChI=1S/C9H19NO/c1-9(2,3)10-6-5-8(7-10)11-4/h8H,5-7H2,1-4H3. The Kier molecular flexibility index (Phi) is 2.55. The lowest BCUT2D eigenvalue weighted by molar-refractivity contribution is 0.0890. The molecular formula is C9H19NO. The SMILES string of the molecule is COC1CCN(C(C)(C)C)C1. The Balaban J connectivity index is 2.42. The summed E-state index contributed by atoms with van der Waals surface area (Å²) in [5.41, 5.74) is 0.313. The van der Waals surface area contributed by atoms with E-state index < -0.39 is 0 Å². The maximum atomic E-state index is 5.29. The van der Waals surface area contributed by atoms with Crippen molar-refractivity contribution in [3.05, 3.63) is 0 Å². The molecule has 2 heteroatoms. The van der Waals surface area contributed by atoms with Gasteiger partial charge in [0.2, 0.25) is 0 Å². The molecule has 1 aliphatic heterocycles. The minimum absolute atomic E-state index is 0.313. The molecule has 0 aromatic rings. The van der Waals surface area contributed by atoms with Gasteiger partial charge in [-0.25, -0.2) is 0 Å². The van der Waals surface area contributed by atoms with Crippen LogP contribution in [0.1, 0.15) is 27.2 Å². The van der Waals surface area contributed by atoms with Gasteiger partial charge in [0.25, 0.3) is 0 Å². The second-order valence-electron chi connectivity index (χ2n) is 4.26. The summed E-state index contributed by atoms with van der Waals surface area (Å²) < 4.78 is 5.29. The van der Waals surface area contributed by atoms with Crippen LogP contribution in [-0.2, 0) is 4.74 Å². The molecule has 1 rings (SSSR count). The summed E-state index contributed by atoms with van der Waals surface area (Å²) in [6.45, 7) is 9.04. The summed E-state index contributed by atoms with van der Waals surface area (Å²) in [4.78, 5) is 2.47. The molecular weight excluding hydrogens is 138 g/mol. The van der Waals surface area contributed by atoms with Crippen molar-refractivity contribution in [2.75, 3.05) is 20.2 Å². The number of hydrogen-bond acceptors (Lipinski definition) is 2. The van der Waals surface area contributed by atoms with E-state index in [0.29, 0.717) is 11.6 Å². The smallest absolute Gasteiger partial charge is 0.0710 e. The van der Waals surface area contributed by atoms with Gasteiger partial charge in [0.05, 0.1) is 6.10 Å². The number of ether oxygens (including phenoxy) is 1. The highest BCUT2D eigenvalue weighted by atomic mass is 16.5. The van der Waals surface area contributed by atoms with Crippen LogP contribution in [0.3, 0.4) is 0 Å². The van der Waals surface area contributed by atoms with Crippen LogP contribution in [0, 0.1) is 0 Å². The van der Waals surface area contributed by atoms with E-state index in [1.54, 1.807) is 7.11 Å². The van der Waals surface area contributed by atoms with Crippen molar-refractivity contribution < 1.29 is 4.74 Å². The van der Waals surface area contributed by atoms with Gasteiger partial charge in [-0.15, -0.1) is 0 Å². The summed E-state index contributed by atoms with van der Waals surface area (Å²) >= 11 is 0. The lowest BCUT2D eigenvalue weighted by Gasteiger charge is -2.31. The molecule has 1 aliphatic rings. The number of methoxy groups -OCH3 is 1. The zero-order valence-corrected chi connectivity index (χ0v) is 8.05. The fourth-order valence-electron chi connectivity index (χ4n) is 1.53. The average Bonchev–Trinajstić information content (AvgIpc) is 2.32. The molecule has 0 spiro atoms. The van der Waals surface area contributed by atoms with Crippen molar-refractivity contribution in [1.29, 1.82) is 0 Å². The molecule has 0 saturated carbocycles. The first-order chi connectivity index (χ1) is 5.04. The minimum Gasteiger partial charge on any atom is -0.380 e. The van der Waals surface area contributed by atoms with Crippen molar-refractivity contribution in [3.8, 4) is 0 Å². The predicted octanol–water partition coefficient (Wildman–Crippen LogP) is 1.51. The third-order valence-electron chi connectivity index (χ3n) is 2.43. The molecule has 11 heavy (non-hydrogen) atoms. The monoisotopic (exact) mass is 157 g/mol. The van der Waals surface area contributed by atoms with Crippen molar-refractivity contribution in [2.24, 2.45) is 0 Å². The van der Waals surface area contributed by atoms with Gasteiger partial charge in [0, 0.05) is 25.7 Å². The average molecular weight is 157 g/mol. The summed E-state index contributed by atoms with van der Waals surface area (Å²) in [5, 5.41) is 0. The van der Waals surface area contributed by atoms with Gasteiger partial charge >= 0.3 is 0 Å². The van der Waals surface area contributed by atoms with Crippen LogP contribution >= 0.6 is 0 Å². The highest BCUT2D eigenvalue weighted by Gasteiger charge is 2.29. The van der Waals surface area contributed by atoms with E-state index >= 15 is 0 Å². The van der Waals surface area contributed by atoms with Gasteiger partial charge in [-0.05, 0) is 27.2 Å². The van der Waals surface area contributed by atoms with E-state index in [1.807, 2.05) is 0 Å². The van der Waals surface area contributed by atoms with Gasteiger partial charge in [-0.1, -0.05) is 0 Å². The normalized spacial score (nSPS) is 27.8. The van der Waals surface area contributed by atoms with Crippen molar-refractivity contribution in [1.82, 2.24) is 4.90 Å². The number of nitrogens with zero attached hydrogens (tertiary/aromatic N) is 1. The topological polar surface area (TPSA) is 12.5 Å². The lowest BCUT2D eigenvalue weighted by Crippen LogP contribution is -2.40. The van der Waals surface area contributed by atoms with Crippen LogP contribution in [-0.4, -0.2) is 36.7 Å². The van der Waals surface area contributed by atoms with Crippen LogP contribution in [0.15, 0.2) is 0 Å². The number of hydrogen-bond donors (Lipinski definition) is 0. The van der Waals surface area contributed by atoms with Crippen LogP contribution in [0.2, 0.25) is 0 Å². The molecule has 0 aromatic carbocycles. The maximum absolute atomic E-state index is 5.29. The fraction of sp³-hybridized carbons (Fsp3) is 1.00. The minimum atomic E-state index is 0.313. The Morgan fingerprint density at radius 3 is 2.27 bits per heavy atom. The molecule has 1 atom stereocenters. The first-order valence-corrected chi connectivity index (χ1v) is 4.32. The zero-order valence-electron chi connectivity index (χ0n) is 8.05. The maximum Gasteiger partial charge on any atom is 0.0710 e. The van der Waals surface area contributed by atoms with E-state index in [-0.39, 0.29) is 0 Å². The third-order valence-corrected chi connectivity index (χ3v) is 2.43. The second-order valence-corrected chi connectivity index (χ2v) is 4.26. The second kappa shape index (κ2) is 3.11. The van der Waals surface area contributed by atoms with E-state index in [4.69, 9.17) is 4.74 Å². The van der Waals surface area contributed by atoms with Crippen molar-refractivity contribution in [3.63, 3.8) is 0 Å². The van der Waals surface area contributed by atoms with Crippen LogP contribution in [0.5, 0.6) is 0 Å². The zero-order chi connectivity index (χ0) is 8.48. The van der Waals surface area contributed by atoms with Crippen LogP contribution < -0.4 is 0 Å². The van der Waals surface area contributed by atoms with Gasteiger partial charge in [0.1, 0.15) is 0 Å². The third kappa shape index (κ3) is 2.17. The first-order valence-electron chi connectivity index (χ1n) is 4.32. The van der Waals surface area contributed by atoms with E-state index in [9.17, 15) is 0 Å².